The number of halogens is 2. The third-order valence-electron chi connectivity index (χ3n) is 2.52. The van der Waals surface area contributed by atoms with Gasteiger partial charge in [0, 0.05) is 8.96 Å². The van der Waals surface area contributed by atoms with Gasteiger partial charge >= 0.3 is 0 Å². The van der Waals surface area contributed by atoms with Crippen LogP contribution in [-0.2, 0) is 0 Å². The van der Waals surface area contributed by atoms with Crippen LogP contribution in [0.5, 0.6) is 0 Å². The van der Waals surface area contributed by atoms with Crippen molar-refractivity contribution in [1.82, 2.24) is 0 Å². The van der Waals surface area contributed by atoms with Crippen molar-refractivity contribution in [3.05, 3.63) is 71.3 Å². The molecule has 0 atom stereocenters. The predicted molar refractivity (Wildman–Crippen MR) is 82.3 cm³/mol. The Labute approximate surface area is 119 Å². The van der Waals surface area contributed by atoms with E-state index in [2.05, 4.69) is 75.2 Å². The molecule has 17 heavy (non-hydrogen) atoms. The maximum Gasteiger partial charge on any atom is 0.0395 e. The molecule has 2 rings (SSSR count). The van der Waals surface area contributed by atoms with E-state index in [1.165, 1.54) is 16.7 Å². The van der Waals surface area contributed by atoms with E-state index in [9.17, 15) is 0 Å². The normalized spacial score (nSPS) is 12.2. The molecular formula is C15H12Br2. The van der Waals surface area contributed by atoms with E-state index in [4.69, 9.17) is 0 Å². The summed E-state index contributed by atoms with van der Waals surface area (Å²) in [6.45, 7) is 2.09. The van der Waals surface area contributed by atoms with Crippen LogP contribution in [0.3, 0.4) is 0 Å². The van der Waals surface area contributed by atoms with Crippen LogP contribution in [0.2, 0.25) is 0 Å². The molecule has 0 amide bonds. The third-order valence-corrected chi connectivity index (χ3v) is 4.77. The number of rotatable bonds is 2. The van der Waals surface area contributed by atoms with Gasteiger partial charge in [0.1, 0.15) is 0 Å². The number of hydrogen-bond donors (Lipinski definition) is 0. The van der Waals surface area contributed by atoms with Crippen molar-refractivity contribution in [3.8, 4) is 0 Å². The smallest absolute Gasteiger partial charge is 0.0395 e. The zero-order valence-electron chi connectivity index (χ0n) is 9.45. The molecule has 86 valence electrons. The van der Waals surface area contributed by atoms with Crippen LogP contribution in [0, 0.1) is 6.92 Å². The minimum absolute atomic E-state index is 1.07. The first-order valence-corrected chi connectivity index (χ1v) is 6.95. The van der Waals surface area contributed by atoms with Crippen molar-refractivity contribution in [2.45, 2.75) is 6.92 Å². The second-order valence-electron chi connectivity index (χ2n) is 3.86. The molecule has 0 aromatic heterocycles. The fourth-order valence-electron chi connectivity index (χ4n) is 1.54. The van der Waals surface area contributed by atoms with Gasteiger partial charge in [-0.15, -0.1) is 0 Å². The van der Waals surface area contributed by atoms with Crippen molar-refractivity contribution >= 4 is 40.8 Å². The Kier molecular flexibility index (Phi) is 4.19. The first kappa shape index (κ1) is 12.6. The molecule has 0 nitrogen and oxygen atoms in total. The van der Waals surface area contributed by atoms with Crippen LogP contribution in [-0.4, -0.2) is 0 Å². The predicted octanol–water partition coefficient (Wildman–Crippen LogP) is 5.61. The molecule has 0 spiro atoms. The lowest BCUT2D eigenvalue weighted by Gasteiger charge is -2.05. The molecular weight excluding hydrogens is 340 g/mol. The van der Waals surface area contributed by atoms with Gasteiger partial charge in [-0.25, -0.2) is 0 Å². The average Bonchev–Trinajstić information content (AvgIpc) is 2.39. The topological polar surface area (TPSA) is 0 Å². The highest BCUT2D eigenvalue weighted by Gasteiger charge is 2.05. The van der Waals surface area contributed by atoms with Gasteiger partial charge in [-0.2, -0.15) is 0 Å². The zero-order valence-corrected chi connectivity index (χ0v) is 12.6. The highest BCUT2D eigenvalue weighted by Crippen LogP contribution is 2.35. The summed E-state index contributed by atoms with van der Waals surface area (Å²) < 4.78 is 2.14. The molecule has 2 aromatic rings. The quantitative estimate of drug-likeness (QED) is 0.617. The molecule has 0 heterocycles. The molecule has 0 saturated carbocycles. The highest BCUT2D eigenvalue weighted by molar-refractivity contribution is 9.18. The van der Waals surface area contributed by atoms with Gasteiger partial charge in [0.15, 0.2) is 0 Å². The molecule has 0 N–H and O–H groups in total. The first-order valence-electron chi connectivity index (χ1n) is 5.36. The molecule has 0 saturated heterocycles. The lowest BCUT2D eigenvalue weighted by atomic mass is 10.1. The van der Waals surface area contributed by atoms with E-state index >= 15 is 0 Å². The standard InChI is InChI=1S/C15H12Br2/c1-11-7-9-13(10-8-11)15(17)14(16)12-5-3-2-4-6-12/h2-10H,1H3/b15-14+. The molecule has 2 heteroatoms. The van der Waals surface area contributed by atoms with Gasteiger partial charge in [-0.1, -0.05) is 60.2 Å². The number of aryl methyl sites for hydroxylation is 1. The molecule has 0 radical (unpaired) electrons. The summed E-state index contributed by atoms with van der Waals surface area (Å²) >= 11 is 7.28. The van der Waals surface area contributed by atoms with Crippen molar-refractivity contribution in [2.24, 2.45) is 0 Å². The van der Waals surface area contributed by atoms with Crippen LogP contribution in [0.1, 0.15) is 16.7 Å². The summed E-state index contributed by atoms with van der Waals surface area (Å²) in [6.07, 6.45) is 0. The largest absolute Gasteiger partial charge is 0.0622 e. The van der Waals surface area contributed by atoms with Crippen LogP contribution in [0.25, 0.3) is 8.96 Å². The van der Waals surface area contributed by atoms with Crippen LogP contribution in [0.15, 0.2) is 54.6 Å². The van der Waals surface area contributed by atoms with Gasteiger partial charge in [0.25, 0.3) is 0 Å². The van der Waals surface area contributed by atoms with E-state index in [-0.39, 0.29) is 0 Å². The summed E-state index contributed by atoms with van der Waals surface area (Å²) in [5.74, 6) is 0. The Hall–Kier alpha value is -0.860. The van der Waals surface area contributed by atoms with Crippen molar-refractivity contribution in [1.29, 1.82) is 0 Å². The molecule has 0 aliphatic carbocycles. The molecule has 0 unspecified atom stereocenters. The molecule has 2 aromatic carbocycles. The minimum Gasteiger partial charge on any atom is -0.0622 e. The Morgan fingerprint density at radius 3 is 1.71 bits per heavy atom. The molecule has 0 aliphatic rings. The van der Waals surface area contributed by atoms with Crippen molar-refractivity contribution in [2.75, 3.05) is 0 Å². The summed E-state index contributed by atoms with van der Waals surface area (Å²) in [5, 5.41) is 0. The maximum atomic E-state index is 3.65. The minimum atomic E-state index is 1.07. The number of benzene rings is 2. The lowest BCUT2D eigenvalue weighted by molar-refractivity contribution is 1.46. The average molecular weight is 352 g/mol. The van der Waals surface area contributed by atoms with E-state index < -0.39 is 0 Å². The number of hydrogen-bond acceptors (Lipinski definition) is 0. The Morgan fingerprint density at radius 1 is 0.706 bits per heavy atom. The van der Waals surface area contributed by atoms with Crippen LogP contribution in [0.4, 0.5) is 0 Å². The second-order valence-corrected chi connectivity index (χ2v) is 5.45. The Morgan fingerprint density at radius 2 is 1.18 bits per heavy atom. The SMILES string of the molecule is Cc1ccc(/C(Br)=C(\Br)c2ccccc2)cc1. The van der Waals surface area contributed by atoms with E-state index in [0.29, 0.717) is 0 Å². The van der Waals surface area contributed by atoms with Crippen molar-refractivity contribution < 1.29 is 0 Å². The fraction of sp³-hybridized carbons (Fsp3) is 0.0667. The van der Waals surface area contributed by atoms with E-state index in [0.717, 1.165) is 8.96 Å². The van der Waals surface area contributed by atoms with E-state index in [1.54, 1.807) is 0 Å². The zero-order chi connectivity index (χ0) is 12.3. The van der Waals surface area contributed by atoms with Gasteiger partial charge in [-0.3, -0.25) is 0 Å². The van der Waals surface area contributed by atoms with Gasteiger partial charge < -0.3 is 0 Å². The van der Waals surface area contributed by atoms with Gasteiger partial charge in [0.2, 0.25) is 0 Å². The molecule has 0 aliphatic heterocycles. The summed E-state index contributed by atoms with van der Waals surface area (Å²) in [5.41, 5.74) is 3.61. The lowest BCUT2D eigenvalue weighted by Crippen LogP contribution is -1.82. The third kappa shape index (κ3) is 3.08. The molecule has 0 fully saturated rings. The van der Waals surface area contributed by atoms with E-state index in [1.807, 2.05) is 18.2 Å². The summed E-state index contributed by atoms with van der Waals surface area (Å²) in [7, 11) is 0. The van der Waals surface area contributed by atoms with Gasteiger partial charge in [0.05, 0.1) is 0 Å². The summed E-state index contributed by atoms with van der Waals surface area (Å²) in [4.78, 5) is 0. The first-order chi connectivity index (χ1) is 8.18. The maximum absolute atomic E-state index is 3.65. The highest BCUT2D eigenvalue weighted by atomic mass is 79.9. The van der Waals surface area contributed by atoms with Crippen LogP contribution >= 0.6 is 31.9 Å². The Balaban J connectivity index is 2.41. The molecule has 0 bridgehead atoms. The van der Waals surface area contributed by atoms with Gasteiger partial charge in [-0.05, 0) is 49.9 Å². The fourth-order valence-corrected chi connectivity index (χ4v) is 2.52. The van der Waals surface area contributed by atoms with Crippen molar-refractivity contribution in [3.63, 3.8) is 0 Å². The second kappa shape index (κ2) is 5.65. The summed E-state index contributed by atoms with van der Waals surface area (Å²) in [6, 6.07) is 18.7. The monoisotopic (exact) mass is 350 g/mol. The Bertz CT molecular complexity index is 525. The van der Waals surface area contributed by atoms with Crippen LogP contribution < -0.4 is 0 Å².